The summed E-state index contributed by atoms with van der Waals surface area (Å²) < 4.78 is 17.8. The number of hydrogen-bond acceptors (Lipinski definition) is 1. The fourth-order valence-corrected chi connectivity index (χ4v) is 1.62. The SMILES string of the molecule is FC1=CCC(CC2CCO2)C=C1. The van der Waals surface area contributed by atoms with E-state index in [0.717, 1.165) is 19.4 Å². The molecule has 12 heavy (non-hydrogen) atoms. The van der Waals surface area contributed by atoms with Crippen LogP contribution in [-0.2, 0) is 4.74 Å². The first-order chi connectivity index (χ1) is 5.84. The molecule has 0 N–H and O–H groups in total. The Balaban J connectivity index is 1.79. The highest BCUT2D eigenvalue weighted by Gasteiger charge is 2.21. The second-order valence-electron chi connectivity index (χ2n) is 3.46. The van der Waals surface area contributed by atoms with E-state index in [0.29, 0.717) is 12.0 Å². The molecule has 0 bridgehead atoms. The van der Waals surface area contributed by atoms with Crippen LogP contribution in [0.5, 0.6) is 0 Å². The smallest absolute Gasteiger partial charge is 0.118 e. The second kappa shape index (κ2) is 3.40. The lowest BCUT2D eigenvalue weighted by atomic mass is 9.92. The van der Waals surface area contributed by atoms with Crippen LogP contribution in [0.25, 0.3) is 0 Å². The molecule has 1 saturated heterocycles. The number of hydrogen-bond donors (Lipinski definition) is 0. The summed E-state index contributed by atoms with van der Waals surface area (Å²) in [5, 5.41) is 0. The van der Waals surface area contributed by atoms with Gasteiger partial charge in [-0.3, -0.25) is 0 Å². The Bertz CT molecular complexity index is 216. The average molecular weight is 168 g/mol. The highest BCUT2D eigenvalue weighted by atomic mass is 19.1. The summed E-state index contributed by atoms with van der Waals surface area (Å²) in [5.74, 6) is 0.399. The predicted molar refractivity (Wildman–Crippen MR) is 45.4 cm³/mol. The Morgan fingerprint density at radius 3 is 2.92 bits per heavy atom. The molecule has 0 saturated carbocycles. The molecule has 2 aliphatic rings. The van der Waals surface area contributed by atoms with E-state index in [-0.39, 0.29) is 5.83 Å². The standard InChI is InChI=1S/C10H13FO/c11-9-3-1-8(2-4-9)7-10-5-6-12-10/h1,3-4,8,10H,2,5-7H2. The van der Waals surface area contributed by atoms with E-state index in [1.807, 2.05) is 6.08 Å². The van der Waals surface area contributed by atoms with E-state index >= 15 is 0 Å². The molecule has 2 heteroatoms. The monoisotopic (exact) mass is 168 g/mol. The van der Waals surface area contributed by atoms with Gasteiger partial charge in [0.15, 0.2) is 0 Å². The van der Waals surface area contributed by atoms with E-state index in [4.69, 9.17) is 4.74 Å². The molecule has 2 rings (SSSR count). The van der Waals surface area contributed by atoms with E-state index in [1.165, 1.54) is 6.42 Å². The van der Waals surface area contributed by atoms with Gasteiger partial charge in [-0.1, -0.05) is 6.08 Å². The third kappa shape index (κ3) is 1.75. The van der Waals surface area contributed by atoms with Gasteiger partial charge in [0.25, 0.3) is 0 Å². The van der Waals surface area contributed by atoms with Crippen LogP contribution in [0, 0.1) is 5.92 Å². The van der Waals surface area contributed by atoms with Crippen LogP contribution in [0.4, 0.5) is 4.39 Å². The van der Waals surface area contributed by atoms with Crippen LogP contribution >= 0.6 is 0 Å². The zero-order chi connectivity index (χ0) is 8.39. The Morgan fingerprint density at radius 2 is 2.42 bits per heavy atom. The van der Waals surface area contributed by atoms with Crippen LogP contribution in [0.3, 0.4) is 0 Å². The molecule has 1 aliphatic carbocycles. The molecule has 2 atom stereocenters. The minimum atomic E-state index is -0.0965. The third-order valence-corrected chi connectivity index (χ3v) is 2.50. The minimum absolute atomic E-state index is 0.0965. The number of halogens is 1. The van der Waals surface area contributed by atoms with Crippen molar-refractivity contribution in [2.45, 2.75) is 25.4 Å². The number of rotatable bonds is 2. The lowest BCUT2D eigenvalue weighted by Crippen LogP contribution is -2.28. The Morgan fingerprint density at radius 1 is 1.58 bits per heavy atom. The van der Waals surface area contributed by atoms with Gasteiger partial charge in [0, 0.05) is 6.61 Å². The molecule has 0 aromatic rings. The maximum Gasteiger partial charge on any atom is 0.118 e. The van der Waals surface area contributed by atoms with E-state index in [2.05, 4.69) is 0 Å². The summed E-state index contributed by atoms with van der Waals surface area (Å²) in [6.07, 6.45) is 8.68. The fraction of sp³-hybridized carbons (Fsp3) is 0.600. The van der Waals surface area contributed by atoms with Crippen LogP contribution in [0.15, 0.2) is 24.1 Å². The molecule has 0 radical (unpaired) electrons. The van der Waals surface area contributed by atoms with Gasteiger partial charge >= 0.3 is 0 Å². The molecule has 66 valence electrons. The molecular weight excluding hydrogens is 155 g/mol. The summed E-state index contributed by atoms with van der Waals surface area (Å²) in [5.41, 5.74) is 0. The molecule has 2 unspecified atom stereocenters. The summed E-state index contributed by atoms with van der Waals surface area (Å²) in [7, 11) is 0. The number of allylic oxidation sites excluding steroid dienone is 4. The van der Waals surface area contributed by atoms with E-state index in [9.17, 15) is 4.39 Å². The molecule has 0 aromatic carbocycles. The Labute approximate surface area is 71.9 Å². The molecule has 1 fully saturated rings. The maximum absolute atomic E-state index is 12.5. The Kier molecular flexibility index (Phi) is 2.26. The van der Waals surface area contributed by atoms with E-state index < -0.39 is 0 Å². The van der Waals surface area contributed by atoms with Gasteiger partial charge < -0.3 is 4.74 Å². The van der Waals surface area contributed by atoms with Gasteiger partial charge in [-0.15, -0.1) is 0 Å². The molecule has 0 spiro atoms. The van der Waals surface area contributed by atoms with Crippen LogP contribution in [0.2, 0.25) is 0 Å². The van der Waals surface area contributed by atoms with Gasteiger partial charge in [0.05, 0.1) is 6.10 Å². The normalized spacial score (nSPS) is 34.2. The van der Waals surface area contributed by atoms with Crippen molar-refractivity contribution in [2.24, 2.45) is 5.92 Å². The molecule has 0 aromatic heterocycles. The molecular formula is C10H13FO. The van der Waals surface area contributed by atoms with Gasteiger partial charge in [-0.25, -0.2) is 4.39 Å². The van der Waals surface area contributed by atoms with Gasteiger partial charge in [-0.2, -0.15) is 0 Å². The Hall–Kier alpha value is -0.630. The van der Waals surface area contributed by atoms with Crippen molar-refractivity contribution >= 4 is 0 Å². The van der Waals surface area contributed by atoms with Crippen LogP contribution in [-0.4, -0.2) is 12.7 Å². The summed E-state index contributed by atoms with van der Waals surface area (Å²) >= 11 is 0. The third-order valence-electron chi connectivity index (χ3n) is 2.50. The van der Waals surface area contributed by atoms with Crippen molar-refractivity contribution in [3.63, 3.8) is 0 Å². The first-order valence-electron chi connectivity index (χ1n) is 4.50. The summed E-state index contributed by atoms with van der Waals surface area (Å²) in [6.45, 7) is 0.908. The lowest BCUT2D eigenvalue weighted by molar-refractivity contribution is -0.0598. The first kappa shape index (κ1) is 7.99. The zero-order valence-corrected chi connectivity index (χ0v) is 7.00. The number of ether oxygens (including phenoxy) is 1. The van der Waals surface area contributed by atoms with Crippen molar-refractivity contribution < 1.29 is 9.13 Å². The topological polar surface area (TPSA) is 9.23 Å². The van der Waals surface area contributed by atoms with Crippen LogP contribution in [0.1, 0.15) is 19.3 Å². The van der Waals surface area contributed by atoms with Crippen molar-refractivity contribution in [3.05, 3.63) is 24.1 Å². The largest absolute Gasteiger partial charge is 0.378 e. The second-order valence-corrected chi connectivity index (χ2v) is 3.46. The quantitative estimate of drug-likeness (QED) is 0.615. The molecule has 1 heterocycles. The fourth-order valence-electron chi connectivity index (χ4n) is 1.62. The van der Waals surface area contributed by atoms with Gasteiger partial charge in [0.2, 0.25) is 0 Å². The average Bonchev–Trinajstić information content (AvgIpc) is 2.00. The molecule has 0 amide bonds. The van der Waals surface area contributed by atoms with Crippen LogP contribution < -0.4 is 0 Å². The predicted octanol–water partition coefficient (Wildman–Crippen LogP) is 2.59. The van der Waals surface area contributed by atoms with E-state index in [1.54, 1.807) is 12.2 Å². The molecule has 1 nitrogen and oxygen atoms in total. The molecule has 1 aliphatic heterocycles. The summed E-state index contributed by atoms with van der Waals surface area (Å²) in [6, 6.07) is 0. The van der Waals surface area contributed by atoms with Crippen molar-refractivity contribution in [1.82, 2.24) is 0 Å². The summed E-state index contributed by atoms with van der Waals surface area (Å²) in [4.78, 5) is 0. The zero-order valence-electron chi connectivity index (χ0n) is 7.00. The van der Waals surface area contributed by atoms with Crippen molar-refractivity contribution in [2.75, 3.05) is 6.61 Å². The van der Waals surface area contributed by atoms with Gasteiger partial charge in [0.1, 0.15) is 5.83 Å². The van der Waals surface area contributed by atoms with Crippen molar-refractivity contribution in [1.29, 1.82) is 0 Å². The first-order valence-corrected chi connectivity index (χ1v) is 4.50. The maximum atomic E-state index is 12.5. The van der Waals surface area contributed by atoms with Crippen molar-refractivity contribution in [3.8, 4) is 0 Å². The highest BCUT2D eigenvalue weighted by molar-refractivity contribution is 5.17. The lowest BCUT2D eigenvalue weighted by Gasteiger charge is -2.29. The minimum Gasteiger partial charge on any atom is -0.378 e. The van der Waals surface area contributed by atoms with Gasteiger partial charge in [-0.05, 0) is 37.3 Å². The highest BCUT2D eigenvalue weighted by Crippen LogP contribution is 2.26.